The molecule has 1 amide bonds. The van der Waals surface area contributed by atoms with Crippen LogP contribution in [0.2, 0.25) is 0 Å². The number of carbonyl (C=O) groups is 2. The van der Waals surface area contributed by atoms with Gasteiger partial charge in [-0.1, -0.05) is 24.3 Å². The monoisotopic (exact) mass is 477 g/mol. The van der Waals surface area contributed by atoms with E-state index in [1.165, 1.54) is 4.88 Å². The molecule has 9 heteroatoms. The fourth-order valence-electron chi connectivity index (χ4n) is 4.48. The smallest absolute Gasteiger partial charge is 0.409 e. The van der Waals surface area contributed by atoms with Gasteiger partial charge in [0.1, 0.15) is 5.82 Å². The maximum absolute atomic E-state index is 13.3. The van der Waals surface area contributed by atoms with E-state index in [2.05, 4.69) is 16.3 Å². The molecule has 8 nitrogen and oxygen atoms in total. The fraction of sp³-hybridized carbons (Fsp3) is 0.360. The van der Waals surface area contributed by atoms with Crippen LogP contribution in [0.15, 0.2) is 47.8 Å². The van der Waals surface area contributed by atoms with Gasteiger partial charge in [-0.15, -0.1) is 11.3 Å². The van der Waals surface area contributed by atoms with Gasteiger partial charge in [0.25, 0.3) is 0 Å². The molecule has 1 atom stereocenters. The minimum absolute atomic E-state index is 0.0664. The van der Waals surface area contributed by atoms with Gasteiger partial charge in [0, 0.05) is 49.1 Å². The van der Waals surface area contributed by atoms with Crippen LogP contribution in [0.1, 0.15) is 40.2 Å². The Bertz CT molecular complexity index is 1160. The normalized spacial score (nSPS) is 17.9. The van der Waals surface area contributed by atoms with Gasteiger partial charge in [-0.25, -0.2) is 9.78 Å². The minimum atomic E-state index is -0.288. The van der Waals surface area contributed by atoms with Crippen molar-refractivity contribution in [3.8, 4) is 0 Å². The Morgan fingerprint density at radius 1 is 1.09 bits per heavy atom. The molecule has 1 fully saturated rings. The van der Waals surface area contributed by atoms with Gasteiger partial charge in [-0.3, -0.25) is 4.79 Å². The minimum Gasteiger partial charge on any atom is -0.450 e. The van der Waals surface area contributed by atoms with Crippen LogP contribution >= 0.6 is 11.3 Å². The van der Waals surface area contributed by atoms with Crippen molar-refractivity contribution in [1.29, 1.82) is 0 Å². The molecule has 3 heterocycles. The first-order valence-electron chi connectivity index (χ1n) is 11.6. The largest absolute Gasteiger partial charge is 0.450 e. The number of carbonyl (C=O) groups excluding carboxylic acids is 2. The highest BCUT2D eigenvalue weighted by Crippen LogP contribution is 2.37. The number of benzene rings is 1. The van der Waals surface area contributed by atoms with Gasteiger partial charge < -0.3 is 19.9 Å². The summed E-state index contributed by atoms with van der Waals surface area (Å²) in [5.74, 6) is 1.33. The molecule has 34 heavy (non-hydrogen) atoms. The molecule has 0 saturated carbocycles. The molecular formula is C25H27N5O3S. The van der Waals surface area contributed by atoms with Crippen molar-refractivity contribution in [1.82, 2.24) is 14.9 Å². The molecule has 0 radical (unpaired) electrons. The lowest BCUT2D eigenvalue weighted by atomic mass is 9.85. The Hall–Kier alpha value is -3.46. The third-order valence-electron chi connectivity index (χ3n) is 6.19. The molecule has 3 aromatic rings. The number of hydrogen-bond donors (Lipinski definition) is 1. The Morgan fingerprint density at radius 3 is 2.59 bits per heavy atom. The lowest BCUT2D eigenvalue weighted by molar-refractivity contribution is 0.0963. The van der Waals surface area contributed by atoms with E-state index >= 15 is 0 Å². The average Bonchev–Trinajstić information content (AvgIpc) is 3.40. The molecule has 1 aliphatic carbocycles. The number of nitrogens with one attached hydrogen (secondary N) is 1. The summed E-state index contributed by atoms with van der Waals surface area (Å²) in [6.45, 7) is 4.45. The first-order chi connectivity index (χ1) is 16.6. The van der Waals surface area contributed by atoms with Crippen molar-refractivity contribution in [3.63, 3.8) is 0 Å². The van der Waals surface area contributed by atoms with Crippen LogP contribution in [-0.4, -0.2) is 59.5 Å². The molecule has 1 aromatic carbocycles. The van der Waals surface area contributed by atoms with Crippen LogP contribution in [0.25, 0.3) is 0 Å². The first-order valence-corrected chi connectivity index (χ1v) is 12.5. The van der Waals surface area contributed by atoms with Crippen LogP contribution in [0.5, 0.6) is 0 Å². The van der Waals surface area contributed by atoms with E-state index in [0.29, 0.717) is 63.0 Å². The second-order valence-corrected chi connectivity index (χ2v) is 9.38. The van der Waals surface area contributed by atoms with E-state index in [1.54, 1.807) is 23.2 Å². The summed E-state index contributed by atoms with van der Waals surface area (Å²) in [5, 5.41) is 5.40. The summed E-state index contributed by atoms with van der Waals surface area (Å²) in [6.07, 6.45) is 0.866. The maximum atomic E-state index is 13.3. The number of ketones is 1. The Labute approximate surface area is 202 Å². The summed E-state index contributed by atoms with van der Waals surface area (Å²) >= 11 is 1.68. The zero-order chi connectivity index (χ0) is 23.5. The van der Waals surface area contributed by atoms with Crippen LogP contribution in [0.3, 0.4) is 0 Å². The zero-order valence-corrected chi connectivity index (χ0v) is 19.9. The van der Waals surface area contributed by atoms with E-state index < -0.39 is 0 Å². The van der Waals surface area contributed by atoms with E-state index in [4.69, 9.17) is 14.7 Å². The van der Waals surface area contributed by atoms with Crippen LogP contribution in [0, 0.1) is 0 Å². The number of rotatable bonds is 5. The lowest BCUT2D eigenvalue weighted by Gasteiger charge is -2.35. The molecule has 1 saturated heterocycles. The Morgan fingerprint density at radius 2 is 1.88 bits per heavy atom. The second-order valence-electron chi connectivity index (χ2n) is 8.40. The van der Waals surface area contributed by atoms with Crippen molar-refractivity contribution >= 4 is 40.7 Å². The number of ether oxygens (including phenoxy) is 1. The summed E-state index contributed by atoms with van der Waals surface area (Å²) in [7, 11) is 0. The number of Topliss-reactive ketones (excluding diaryl/α,β-unsaturated/α-hetero) is 1. The lowest BCUT2D eigenvalue weighted by Crippen LogP contribution is -2.49. The number of piperazine rings is 1. The van der Waals surface area contributed by atoms with E-state index in [9.17, 15) is 9.59 Å². The highest BCUT2D eigenvalue weighted by Gasteiger charge is 2.33. The number of anilines is 3. The van der Waals surface area contributed by atoms with Crippen LogP contribution < -0.4 is 10.2 Å². The van der Waals surface area contributed by atoms with E-state index in [-0.39, 0.29) is 17.8 Å². The molecular weight excluding hydrogens is 450 g/mol. The number of aromatic nitrogens is 2. The molecule has 1 aliphatic heterocycles. The predicted molar refractivity (Wildman–Crippen MR) is 132 cm³/mol. The average molecular weight is 478 g/mol. The summed E-state index contributed by atoms with van der Waals surface area (Å²) in [6, 6.07) is 13.9. The third-order valence-corrected chi connectivity index (χ3v) is 7.23. The van der Waals surface area contributed by atoms with Crippen molar-refractivity contribution < 1.29 is 14.3 Å². The molecule has 0 spiro atoms. The molecule has 1 unspecified atom stereocenters. The molecule has 176 valence electrons. The Kier molecular flexibility index (Phi) is 6.44. The third kappa shape index (κ3) is 4.61. The number of thiophene rings is 1. The molecule has 1 N–H and O–H groups in total. The maximum Gasteiger partial charge on any atom is 0.409 e. The predicted octanol–water partition coefficient (Wildman–Crippen LogP) is 4.47. The number of para-hydroxylation sites is 1. The van der Waals surface area contributed by atoms with E-state index in [0.717, 1.165) is 11.4 Å². The first kappa shape index (κ1) is 22.3. The van der Waals surface area contributed by atoms with Crippen molar-refractivity contribution in [2.45, 2.75) is 25.7 Å². The van der Waals surface area contributed by atoms with Gasteiger partial charge in [0.2, 0.25) is 5.95 Å². The highest BCUT2D eigenvalue weighted by atomic mass is 32.1. The van der Waals surface area contributed by atoms with Crippen molar-refractivity contribution in [3.05, 3.63) is 64.0 Å². The van der Waals surface area contributed by atoms with Crippen molar-refractivity contribution in [2.75, 3.05) is 43.0 Å². The number of fused-ring (bicyclic) bond motifs is 1. The zero-order valence-electron chi connectivity index (χ0n) is 19.1. The second kappa shape index (κ2) is 9.80. The summed E-state index contributed by atoms with van der Waals surface area (Å²) in [4.78, 5) is 40.0. The molecule has 5 rings (SSSR count). The van der Waals surface area contributed by atoms with E-state index in [1.807, 2.05) is 41.8 Å². The van der Waals surface area contributed by atoms with Gasteiger partial charge in [0.15, 0.2) is 5.78 Å². The standard InChI is InChI=1S/C25H27N5O3S/c1-2-33-25(32)30-12-10-29(11-13-30)24-27-19-15-17(21-9-6-14-34-21)16-20(31)22(19)23(28-24)26-18-7-4-3-5-8-18/h3-9,14,17H,2,10-13,15-16H2,1H3,(H,26,27,28). The van der Waals surface area contributed by atoms with Crippen LogP contribution in [0.4, 0.5) is 22.2 Å². The SMILES string of the molecule is CCOC(=O)N1CCN(c2nc3c(c(Nc4ccccc4)n2)C(=O)CC(c2cccs2)C3)CC1. The molecule has 2 aromatic heterocycles. The van der Waals surface area contributed by atoms with Gasteiger partial charge >= 0.3 is 6.09 Å². The Balaban J connectivity index is 1.46. The topological polar surface area (TPSA) is 87.7 Å². The quantitative estimate of drug-likeness (QED) is 0.580. The van der Waals surface area contributed by atoms with Gasteiger partial charge in [-0.2, -0.15) is 4.98 Å². The van der Waals surface area contributed by atoms with Gasteiger partial charge in [0.05, 0.1) is 17.9 Å². The molecule has 2 aliphatic rings. The fourth-order valence-corrected chi connectivity index (χ4v) is 5.32. The number of hydrogen-bond acceptors (Lipinski definition) is 8. The number of nitrogens with zero attached hydrogens (tertiary/aromatic N) is 4. The van der Waals surface area contributed by atoms with Crippen LogP contribution in [-0.2, 0) is 11.2 Å². The summed E-state index contributed by atoms with van der Waals surface area (Å²) < 4.78 is 5.13. The summed E-state index contributed by atoms with van der Waals surface area (Å²) in [5.41, 5.74) is 2.24. The highest BCUT2D eigenvalue weighted by molar-refractivity contribution is 7.10. The van der Waals surface area contributed by atoms with Gasteiger partial charge in [-0.05, 0) is 36.9 Å². The number of amides is 1. The molecule has 0 bridgehead atoms. The van der Waals surface area contributed by atoms with Crippen molar-refractivity contribution in [2.24, 2.45) is 0 Å².